The lowest BCUT2D eigenvalue weighted by Crippen LogP contribution is -2.07. The quantitative estimate of drug-likeness (QED) is 0.851. The van der Waals surface area contributed by atoms with E-state index in [-0.39, 0.29) is 0 Å². The molecule has 1 N–H and O–H groups in total. The van der Waals surface area contributed by atoms with Gasteiger partial charge < -0.3 is 5.32 Å². The van der Waals surface area contributed by atoms with E-state index in [9.17, 15) is 9.18 Å². The monoisotopic (exact) mass is 344 g/mol. The third-order valence-corrected chi connectivity index (χ3v) is 3.12. The first-order valence-corrected chi connectivity index (χ1v) is 6.82. The molecule has 0 heterocycles. The fourth-order valence-electron chi connectivity index (χ4n) is 1.66. The predicted octanol–water partition coefficient (Wildman–Crippen LogP) is 4.11. The van der Waals surface area contributed by atoms with Gasteiger partial charge in [0.1, 0.15) is 5.82 Å². The molecule has 0 unspecified atom stereocenters. The van der Waals surface area contributed by atoms with E-state index in [0.29, 0.717) is 16.8 Å². The zero-order valence-corrected chi connectivity index (χ0v) is 12.4. The van der Waals surface area contributed by atoms with Gasteiger partial charge in [-0.05, 0) is 42.5 Å². The number of rotatable bonds is 3. The summed E-state index contributed by atoms with van der Waals surface area (Å²) in [6.45, 7) is 0. The lowest BCUT2D eigenvalue weighted by atomic mass is 10.2. The number of benzene rings is 2. The Bertz CT molecular complexity index is 750. The van der Waals surface area contributed by atoms with Gasteiger partial charge >= 0.3 is 0 Å². The lowest BCUT2D eigenvalue weighted by Gasteiger charge is -2.02. The Morgan fingerprint density at radius 2 is 2.10 bits per heavy atom. The van der Waals surface area contributed by atoms with Gasteiger partial charge in [0, 0.05) is 21.8 Å². The highest BCUT2D eigenvalue weighted by molar-refractivity contribution is 9.10. The Morgan fingerprint density at radius 3 is 2.86 bits per heavy atom. The third-order valence-electron chi connectivity index (χ3n) is 2.63. The molecular formula is C16H10BrFN2O. The standard InChI is InChI=1S/C16H10BrFN2O/c17-13-5-6-15(18)12(9-13)4-7-16(21)20-14-3-1-2-11(8-14)10-19/h1-9H,(H,20,21)/b7-4+. The Balaban J connectivity index is 2.09. The Kier molecular flexibility index (Phi) is 4.85. The van der Waals surface area contributed by atoms with Crippen LogP contribution in [-0.2, 0) is 4.79 Å². The molecule has 3 nitrogen and oxygen atoms in total. The number of nitriles is 1. The van der Waals surface area contributed by atoms with Gasteiger partial charge in [0.2, 0.25) is 5.91 Å². The minimum Gasteiger partial charge on any atom is -0.322 e. The van der Waals surface area contributed by atoms with Crippen LogP contribution >= 0.6 is 15.9 Å². The number of carbonyl (C=O) groups excluding carboxylic acids is 1. The van der Waals surface area contributed by atoms with Gasteiger partial charge in [0.05, 0.1) is 11.6 Å². The number of hydrogen-bond acceptors (Lipinski definition) is 2. The van der Waals surface area contributed by atoms with Crippen LogP contribution in [0.15, 0.2) is 53.0 Å². The largest absolute Gasteiger partial charge is 0.322 e. The molecule has 0 atom stereocenters. The number of amides is 1. The molecule has 0 aliphatic carbocycles. The molecule has 2 rings (SSSR count). The fraction of sp³-hybridized carbons (Fsp3) is 0. The molecule has 0 saturated heterocycles. The van der Waals surface area contributed by atoms with Gasteiger partial charge in [-0.25, -0.2) is 4.39 Å². The van der Waals surface area contributed by atoms with Crippen LogP contribution < -0.4 is 5.32 Å². The summed E-state index contributed by atoms with van der Waals surface area (Å²) in [6, 6.07) is 13.0. The molecule has 0 saturated carbocycles. The normalized spacial score (nSPS) is 10.3. The SMILES string of the molecule is N#Cc1cccc(NC(=O)/C=C/c2cc(Br)ccc2F)c1. The third kappa shape index (κ3) is 4.26. The average Bonchev–Trinajstić information content (AvgIpc) is 2.48. The van der Waals surface area contributed by atoms with Gasteiger partial charge in [-0.3, -0.25) is 4.79 Å². The Morgan fingerprint density at radius 1 is 1.29 bits per heavy atom. The second kappa shape index (κ2) is 6.82. The molecule has 21 heavy (non-hydrogen) atoms. The smallest absolute Gasteiger partial charge is 0.248 e. The highest BCUT2D eigenvalue weighted by atomic mass is 79.9. The van der Waals surface area contributed by atoms with E-state index in [0.717, 1.165) is 4.47 Å². The molecule has 0 fully saturated rings. The summed E-state index contributed by atoms with van der Waals surface area (Å²) in [6.07, 6.45) is 2.63. The zero-order valence-electron chi connectivity index (χ0n) is 10.8. The summed E-state index contributed by atoms with van der Waals surface area (Å²) < 4.78 is 14.2. The number of nitrogens with one attached hydrogen (secondary N) is 1. The van der Waals surface area contributed by atoms with Crippen molar-refractivity contribution in [3.05, 3.63) is 70.0 Å². The van der Waals surface area contributed by atoms with E-state index in [1.165, 1.54) is 18.2 Å². The van der Waals surface area contributed by atoms with Crippen LogP contribution in [0.1, 0.15) is 11.1 Å². The summed E-state index contributed by atoms with van der Waals surface area (Å²) in [7, 11) is 0. The minimum atomic E-state index is -0.409. The number of nitrogens with zero attached hydrogens (tertiary/aromatic N) is 1. The maximum Gasteiger partial charge on any atom is 0.248 e. The highest BCUT2D eigenvalue weighted by Crippen LogP contribution is 2.17. The van der Waals surface area contributed by atoms with E-state index >= 15 is 0 Å². The topological polar surface area (TPSA) is 52.9 Å². The second-order valence-electron chi connectivity index (χ2n) is 4.18. The van der Waals surface area contributed by atoms with Crippen LogP contribution in [0, 0.1) is 17.1 Å². The Hall–Kier alpha value is -2.45. The summed E-state index contributed by atoms with van der Waals surface area (Å²) >= 11 is 3.24. The van der Waals surface area contributed by atoms with E-state index in [1.54, 1.807) is 36.4 Å². The number of halogens is 2. The van der Waals surface area contributed by atoms with Crippen LogP contribution in [0.25, 0.3) is 6.08 Å². The van der Waals surface area contributed by atoms with Crippen molar-refractivity contribution in [2.45, 2.75) is 0 Å². The van der Waals surface area contributed by atoms with Crippen molar-refractivity contribution < 1.29 is 9.18 Å². The van der Waals surface area contributed by atoms with Crippen LogP contribution in [0.2, 0.25) is 0 Å². The van der Waals surface area contributed by atoms with Gasteiger partial charge in [-0.1, -0.05) is 22.0 Å². The van der Waals surface area contributed by atoms with Crippen LogP contribution in [0.3, 0.4) is 0 Å². The summed E-state index contributed by atoms with van der Waals surface area (Å²) in [5.74, 6) is -0.807. The van der Waals surface area contributed by atoms with E-state index in [2.05, 4.69) is 21.2 Å². The van der Waals surface area contributed by atoms with E-state index in [1.807, 2.05) is 6.07 Å². The molecule has 0 bridgehead atoms. The van der Waals surface area contributed by atoms with Gasteiger partial charge in [0.25, 0.3) is 0 Å². The highest BCUT2D eigenvalue weighted by Gasteiger charge is 2.02. The van der Waals surface area contributed by atoms with Crippen molar-refractivity contribution in [2.75, 3.05) is 5.32 Å². The van der Waals surface area contributed by atoms with Crippen LogP contribution in [0.5, 0.6) is 0 Å². The van der Waals surface area contributed by atoms with Crippen molar-refractivity contribution in [3.8, 4) is 6.07 Å². The number of anilines is 1. The predicted molar refractivity (Wildman–Crippen MR) is 82.9 cm³/mol. The molecule has 5 heteroatoms. The van der Waals surface area contributed by atoms with Crippen molar-refractivity contribution in [3.63, 3.8) is 0 Å². The molecule has 0 radical (unpaired) electrons. The molecule has 2 aromatic carbocycles. The molecule has 0 aromatic heterocycles. The van der Waals surface area contributed by atoms with Crippen molar-refractivity contribution >= 4 is 33.6 Å². The van der Waals surface area contributed by atoms with Crippen molar-refractivity contribution in [1.82, 2.24) is 0 Å². The number of carbonyl (C=O) groups is 1. The number of hydrogen-bond donors (Lipinski definition) is 1. The molecule has 1 amide bonds. The molecule has 104 valence electrons. The van der Waals surface area contributed by atoms with E-state index in [4.69, 9.17) is 5.26 Å². The zero-order chi connectivity index (χ0) is 15.2. The molecule has 2 aromatic rings. The van der Waals surface area contributed by atoms with Crippen molar-refractivity contribution in [1.29, 1.82) is 5.26 Å². The molecule has 0 spiro atoms. The minimum absolute atomic E-state index is 0.310. The first-order chi connectivity index (χ1) is 10.1. The Labute approximate surface area is 129 Å². The lowest BCUT2D eigenvalue weighted by molar-refractivity contribution is -0.111. The van der Waals surface area contributed by atoms with Gasteiger partial charge in [0.15, 0.2) is 0 Å². The summed E-state index contributed by atoms with van der Waals surface area (Å²) in [5.41, 5.74) is 1.28. The van der Waals surface area contributed by atoms with Gasteiger partial charge in [-0.2, -0.15) is 5.26 Å². The van der Waals surface area contributed by atoms with Gasteiger partial charge in [-0.15, -0.1) is 0 Å². The van der Waals surface area contributed by atoms with Crippen LogP contribution in [-0.4, -0.2) is 5.91 Å². The summed E-state index contributed by atoms with van der Waals surface area (Å²) in [5, 5.41) is 11.4. The average molecular weight is 345 g/mol. The van der Waals surface area contributed by atoms with Crippen molar-refractivity contribution in [2.24, 2.45) is 0 Å². The maximum absolute atomic E-state index is 13.5. The van der Waals surface area contributed by atoms with E-state index < -0.39 is 11.7 Å². The summed E-state index contributed by atoms with van der Waals surface area (Å²) in [4.78, 5) is 11.8. The second-order valence-corrected chi connectivity index (χ2v) is 5.10. The first-order valence-electron chi connectivity index (χ1n) is 6.03. The molecular weight excluding hydrogens is 335 g/mol. The van der Waals surface area contributed by atoms with Crippen LogP contribution in [0.4, 0.5) is 10.1 Å². The first kappa shape index (κ1) is 14.9. The maximum atomic E-state index is 13.5. The molecule has 0 aliphatic heterocycles. The fourth-order valence-corrected chi connectivity index (χ4v) is 2.04. The molecule has 0 aliphatic rings.